The number of fused-ring (bicyclic) bond motifs is 1. The van der Waals surface area contributed by atoms with E-state index in [1.54, 1.807) is 26.0 Å². The second kappa shape index (κ2) is 12.4. The molecule has 0 saturated heterocycles. The van der Waals surface area contributed by atoms with E-state index in [1.165, 1.54) is 19.1 Å². The Hall–Kier alpha value is -3.59. The maximum Gasteiger partial charge on any atom is 0.326 e. The van der Waals surface area contributed by atoms with Crippen molar-refractivity contribution in [2.24, 2.45) is 0 Å². The highest BCUT2D eigenvalue weighted by atomic mass is 16.5. The number of methoxy groups -OCH3 is 2. The van der Waals surface area contributed by atoms with Gasteiger partial charge in [0, 0.05) is 13.0 Å². The molecule has 0 spiro atoms. The summed E-state index contributed by atoms with van der Waals surface area (Å²) in [4.78, 5) is 39.6. The van der Waals surface area contributed by atoms with Gasteiger partial charge in [0.15, 0.2) is 11.5 Å². The first-order valence-corrected chi connectivity index (χ1v) is 12.0. The van der Waals surface area contributed by atoms with E-state index < -0.39 is 36.0 Å². The number of carboxylic acids is 1. The topological polar surface area (TPSA) is 114 Å². The molecule has 3 rings (SSSR count). The fourth-order valence-corrected chi connectivity index (χ4v) is 4.45. The number of hydrogen-bond acceptors (Lipinski definition) is 7. The average molecular weight is 499 g/mol. The molecule has 0 saturated carbocycles. The zero-order valence-corrected chi connectivity index (χ0v) is 21.2. The van der Waals surface area contributed by atoms with Crippen LogP contribution in [-0.2, 0) is 38.5 Å². The average Bonchev–Trinajstić information content (AvgIpc) is 2.89. The number of rotatable bonds is 11. The van der Waals surface area contributed by atoms with Crippen LogP contribution < -0.4 is 14.8 Å². The summed E-state index contributed by atoms with van der Waals surface area (Å²) in [5.74, 6) is -0.930. The third kappa shape index (κ3) is 6.34. The molecule has 0 bridgehead atoms. The molecule has 0 aliphatic carbocycles. The summed E-state index contributed by atoms with van der Waals surface area (Å²) in [6.45, 7) is 3.69. The second-order valence-electron chi connectivity index (χ2n) is 8.72. The SMILES string of the molecule is CCOC(=O)[C@H](CCc1ccccc1)N[C@@H](C)C(=O)N1Cc2cc(OC)c(OC)cc2CC1C(=O)O. The third-order valence-electron chi connectivity index (χ3n) is 6.36. The zero-order valence-electron chi connectivity index (χ0n) is 21.2. The van der Waals surface area contributed by atoms with Crippen molar-refractivity contribution < 1.29 is 33.7 Å². The molecular formula is C27H34N2O7. The molecule has 1 heterocycles. The molecule has 1 aliphatic heterocycles. The Morgan fingerprint density at radius 3 is 2.31 bits per heavy atom. The molecule has 194 valence electrons. The fourth-order valence-electron chi connectivity index (χ4n) is 4.45. The van der Waals surface area contributed by atoms with Crippen LogP contribution in [0.1, 0.15) is 37.0 Å². The molecule has 3 atom stereocenters. The number of carbonyl (C=O) groups is 3. The quantitative estimate of drug-likeness (QED) is 0.455. The van der Waals surface area contributed by atoms with E-state index in [0.29, 0.717) is 24.3 Å². The van der Waals surface area contributed by atoms with Crippen LogP contribution in [0, 0.1) is 0 Å². The second-order valence-corrected chi connectivity index (χ2v) is 8.72. The van der Waals surface area contributed by atoms with Gasteiger partial charge in [-0.1, -0.05) is 30.3 Å². The summed E-state index contributed by atoms with van der Waals surface area (Å²) >= 11 is 0. The third-order valence-corrected chi connectivity index (χ3v) is 6.36. The van der Waals surface area contributed by atoms with Crippen molar-refractivity contribution in [3.05, 3.63) is 59.2 Å². The molecule has 1 aliphatic rings. The predicted molar refractivity (Wildman–Crippen MR) is 133 cm³/mol. The normalized spacial score (nSPS) is 16.4. The van der Waals surface area contributed by atoms with Gasteiger partial charge in [0.25, 0.3) is 0 Å². The van der Waals surface area contributed by atoms with Crippen LogP contribution in [0.2, 0.25) is 0 Å². The van der Waals surface area contributed by atoms with Crippen LogP contribution in [0.15, 0.2) is 42.5 Å². The predicted octanol–water partition coefficient (Wildman–Crippen LogP) is 2.58. The van der Waals surface area contributed by atoms with E-state index in [1.807, 2.05) is 30.3 Å². The van der Waals surface area contributed by atoms with Crippen molar-refractivity contribution in [1.29, 1.82) is 0 Å². The first kappa shape index (κ1) is 27.0. The lowest BCUT2D eigenvalue weighted by Crippen LogP contribution is -2.56. The Morgan fingerprint density at radius 2 is 1.72 bits per heavy atom. The van der Waals surface area contributed by atoms with Gasteiger partial charge < -0.3 is 24.2 Å². The monoisotopic (exact) mass is 498 g/mol. The Morgan fingerprint density at radius 1 is 1.08 bits per heavy atom. The van der Waals surface area contributed by atoms with E-state index >= 15 is 0 Å². The highest BCUT2D eigenvalue weighted by Crippen LogP contribution is 2.35. The number of nitrogens with one attached hydrogen (secondary N) is 1. The van der Waals surface area contributed by atoms with E-state index in [9.17, 15) is 19.5 Å². The van der Waals surface area contributed by atoms with Gasteiger partial charge >= 0.3 is 11.9 Å². The molecule has 2 aromatic rings. The Kier molecular flexibility index (Phi) is 9.30. The molecule has 0 fully saturated rings. The molecular weight excluding hydrogens is 464 g/mol. The highest BCUT2D eigenvalue weighted by Gasteiger charge is 2.38. The van der Waals surface area contributed by atoms with E-state index in [2.05, 4.69) is 5.32 Å². The lowest BCUT2D eigenvalue weighted by molar-refractivity contribution is -0.153. The minimum atomic E-state index is -1.10. The summed E-state index contributed by atoms with van der Waals surface area (Å²) in [5, 5.41) is 13.0. The lowest BCUT2D eigenvalue weighted by atomic mass is 9.92. The molecule has 2 N–H and O–H groups in total. The number of amides is 1. The van der Waals surface area contributed by atoms with E-state index in [-0.39, 0.29) is 19.6 Å². The minimum absolute atomic E-state index is 0.103. The summed E-state index contributed by atoms with van der Waals surface area (Å²) in [6, 6.07) is 10.7. The standard InChI is InChI=1S/C27H34N2O7/c1-5-36-27(33)21(12-11-18-9-7-6-8-10-18)28-17(2)25(30)29-16-20-15-24(35-4)23(34-3)14-19(20)13-22(29)26(31)32/h6-10,14-15,17,21-22,28H,5,11-13,16H2,1-4H3,(H,31,32)/t17-,21-,22?/m0/s1. The highest BCUT2D eigenvalue weighted by molar-refractivity contribution is 5.88. The van der Waals surface area contributed by atoms with Crippen molar-refractivity contribution in [2.45, 2.75) is 57.8 Å². The Balaban J connectivity index is 1.79. The maximum absolute atomic E-state index is 13.5. The number of aliphatic carboxylic acids is 1. The zero-order chi connectivity index (χ0) is 26.2. The number of nitrogens with zero attached hydrogens (tertiary/aromatic N) is 1. The summed E-state index contributed by atoms with van der Waals surface area (Å²) in [7, 11) is 3.04. The van der Waals surface area contributed by atoms with Crippen molar-refractivity contribution >= 4 is 17.8 Å². The smallest absolute Gasteiger partial charge is 0.326 e. The number of hydrogen-bond donors (Lipinski definition) is 2. The number of esters is 1. The van der Waals surface area contributed by atoms with Gasteiger partial charge in [-0.05, 0) is 55.5 Å². The van der Waals surface area contributed by atoms with Crippen LogP contribution in [-0.4, -0.2) is 66.8 Å². The van der Waals surface area contributed by atoms with Gasteiger partial charge in [-0.2, -0.15) is 0 Å². The van der Waals surface area contributed by atoms with Gasteiger partial charge in [-0.15, -0.1) is 0 Å². The Labute approximate surface area is 211 Å². The summed E-state index contributed by atoms with van der Waals surface area (Å²) < 4.78 is 15.9. The molecule has 9 nitrogen and oxygen atoms in total. The molecule has 9 heteroatoms. The summed E-state index contributed by atoms with van der Waals surface area (Å²) in [6.07, 6.45) is 1.19. The van der Waals surface area contributed by atoms with Crippen LogP contribution in [0.3, 0.4) is 0 Å². The van der Waals surface area contributed by atoms with E-state index in [4.69, 9.17) is 14.2 Å². The number of carboxylic acid groups (broad SMARTS) is 1. The van der Waals surface area contributed by atoms with Gasteiger partial charge in [0.05, 0.1) is 26.9 Å². The van der Waals surface area contributed by atoms with Crippen LogP contribution in [0.5, 0.6) is 11.5 Å². The maximum atomic E-state index is 13.5. The number of carbonyl (C=O) groups excluding carboxylic acids is 2. The molecule has 1 amide bonds. The van der Waals surface area contributed by atoms with Gasteiger partial charge in [0.1, 0.15) is 12.1 Å². The van der Waals surface area contributed by atoms with Crippen molar-refractivity contribution in [3.63, 3.8) is 0 Å². The number of benzene rings is 2. The minimum Gasteiger partial charge on any atom is -0.493 e. The molecule has 1 unspecified atom stereocenters. The largest absolute Gasteiger partial charge is 0.493 e. The number of ether oxygens (including phenoxy) is 3. The van der Waals surface area contributed by atoms with Crippen LogP contribution in [0.4, 0.5) is 0 Å². The molecule has 2 aromatic carbocycles. The molecule has 36 heavy (non-hydrogen) atoms. The van der Waals surface area contributed by atoms with Crippen LogP contribution in [0.25, 0.3) is 0 Å². The molecule has 0 radical (unpaired) electrons. The van der Waals surface area contributed by atoms with Gasteiger partial charge in [-0.25, -0.2) is 4.79 Å². The van der Waals surface area contributed by atoms with E-state index in [0.717, 1.165) is 16.7 Å². The van der Waals surface area contributed by atoms with Gasteiger partial charge in [0.2, 0.25) is 5.91 Å². The summed E-state index contributed by atoms with van der Waals surface area (Å²) in [5.41, 5.74) is 2.64. The molecule has 0 aromatic heterocycles. The van der Waals surface area contributed by atoms with Crippen LogP contribution >= 0.6 is 0 Å². The van der Waals surface area contributed by atoms with Crippen molar-refractivity contribution in [1.82, 2.24) is 10.2 Å². The fraction of sp³-hybridized carbons (Fsp3) is 0.444. The van der Waals surface area contributed by atoms with Gasteiger partial charge in [-0.3, -0.25) is 14.9 Å². The van der Waals surface area contributed by atoms with Crippen molar-refractivity contribution in [2.75, 3.05) is 20.8 Å². The number of aryl methyl sites for hydroxylation is 1. The lowest BCUT2D eigenvalue weighted by Gasteiger charge is -2.37. The Bertz CT molecular complexity index is 1070. The first-order valence-electron chi connectivity index (χ1n) is 12.0. The van der Waals surface area contributed by atoms with Crippen molar-refractivity contribution in [3.8, 4) is 11.5 Å². The first-order chi connectivity index (χ1) is 17.3.